The SMILES string of the molecule is C=CCCCOC(C)CNCc1cccs1. The maximum absolute atomic E-state index is 5.66. The van der Waals surface area contributed by atoms with Crippen LogP contribution >= 0.6 is 11.3 Å². The molecule has 0 amide bonds. The van der Waals surface area contributed by atoms with Crippen LogP contribution in [-0.4, -0.2) is 19.3 Å². The predicted octanol–water partition coefficient (Wildman–Crippen LogP) is 3.21. The van der Waals surface area contributed by atoms with Crippen molar-refractivity contribution in [2.24, 2.45) is 0 Å². The highest BCUT2D eigenvalue weighted by Gasteiger charge is 2.01. The van der Waals surface area contributed by atoms with E-state index in [1.807, 2.05) is 6.08 Å². The van der Waals surface area contributed by atoms with Crippen LogP contribution in [-0.2, 0) is 11.3 Å². The highest BCUT2D eigenvalue weighted by molar-refractivity contribution is 7.09. The zero-order valence-corrected chi connectivity index (χ0v) is 10.8. The Balaban J connectivity index is 1.97. The molecule has 2 nitrogen and oxygen atoms in total. The lowest BCUT2D eigenvalue weighted by atomic mass is 10.3. The van der Waals surface area contributed by atoms with Crippen molar-refractivity contribution in [3.63, 3.8) is 0 Å². The Morgan fingerprint density at radius 3 is 3.19 bits per heavy atom. The number of allylic oxidation sites excluding steroid dienone is 1. The Morgan fingerprint density at radius 1 is 1.62 bits per heavy atom. The molecule has 1 N–H and O–H groups in total. The molecule has 0 radical (unpaired) electrons. The first-order valence-electron chi connectivity index (χ1n) is 5.78. The summed E-state index contributed by atoms with van der Waals surface area (Å²) in [5.41, 5.74) is 0. The summed E-state index contributed by atoms with van der Waals surface area (Å²) in [6.07, 6.45) is 4.32. The molecule has 1 aromatic rings. The molecule has 1 unspecified atom stereocenters. The van der Waals surface area contributed by atoms with Gasteiger partial charge in [-0.2, -0.15) is 0 Å². The van der Waals surface area contributed by atoms with Gasteiger partial charge in [-0.05, 0) is 31.2 Å². The van der Waals surface area contributed by atoms with Crippen LogP contribution in [0.4, 0.5) is 0 Å². The van der Waals surface area contributed by atoms with Gasteiger partial charge in [-0.3, -0.25) is 0 Å². The van der Waals surface area contributed by atoms with Crippen molar-refractivity contribution in [2.45, 2.75) is 32.4 Å². The zero-order chi connectivity index (χ0) is 11.6. The molecule has 0 aliphatic heterocycles. The second-order valence-corrected chi connectivity index (χ2v) is 4.85. The monoisotopic (exact) mass is 239 g/mol. The molecule has 1 aromatic heterocycles. The zero-order valence-electron chi connectivity index (χ0n) is 9.95. The van der Waals surface area contributed by atoms with Crippen LogP contribution in [0.5, 0.6) is 0 Å². The fourth-order valence-corrected chi connectivity index (χ4v) is 2.06. The first kappa shape index (κ1) is 13.4. The lowest BCUT2D eigenvalue weighted by Crippen LogP contribution is -2.26. The minimum Gasteiger partial charge on any atom is -0.377 e. The van der Waals surface area contributed by atoms with Crippen LogP contribution < -0.4 is 5.32 Å². The van der Waals surface area contributed by atoms with Crippen LogP contribution in [0.1, 0.15) is 24.6 Å². The van der Waals surface area contributed by atoms with Gasteiger partial charge in [-0.15, -0.1) is 17.9 Å². The van der Waals surface area contributed by atoms with Crippen molar-refractivity contribution < 1.29 is 4.74 Å². The molecule has 3 heteroatoms. The molecule has 0 saturated heterocycles. The van der Waals surface area contributed by atoms with Crippen molar-refractivity contribution in [3.8, 4) is 0 Å². The fourth-order valence-electron chi connectivity index (χ4n) is 1.38. The van der Waals surface area contributed by atoms with E-state index in [0.717, 1.165) is 32.5 Å². The Labute approximate surface area is 102 Å². The van der Waals surface area contributed by atoms with Gasteiger partial charge in [0, 0.05) is 24.6 Å². The lowest BCUT2D eigenvalue weighted by Gasteiger charge is -2.13. The topological polar surface area (TPSA) is 21.3 Å². The van der Waals surface area contributed by atoms with E-state index >= 15 is 0 Å². The quantitative estimate of drug-likeness (QED) is 0.528. The van der Waals surface area contributed by atoms with Crippen LogP contribution in [0.3, 0.4) is 0 Å². The van der Waals surface area contributed by atoms with E-state index in [0.29, 0.717) is 0 Å². The molecule has 0 aromatic carbocycles. The third-order valence-corrected chi connectivity index (χ3v) is 3.14. The van der Waals surface area contributed by atoms with Crippen molar-refractivity contribution in [1.29, 1.82) is 0 Å². The number of hydrogen-bond acceptors (Lipinski definition) is 3. The molecule has 1 atom stereocenters. The standard InChI is InChI=1S/C13H21NOS/c1-3-4-5-8-15-12(2)10-14-11-13-7-6-9-16-13/h3,6-7,9,12,14H,1,4-5,8,10-11H2,2H3. The normalized spacial score (nSPS) is 12.6. The average molecular weight is 239 g/mol. The van der Waals surface area contributed by atoms with Crippen molar-refractivity contribution >= 4 is 11.3 Å². The van der Waals surface area contributed by atoms with Gasteiger partial charge in [0.05, 0.1) is 6.10 Å². The molecule has 0 aliphatic carbocycles. The molecule has 0 fully saturated rings. The molecule has 16 heavy (non-hydrogen) atoms. The molecule has 0 saturated carbocycles. The molecule has 1 heterocycles. The first-order valence-corrected chi connectivity index (χ1v) is 6.66. The summed E-state index contributed by atoms with van der Waals surface area (Å²) < 4.78 is 5.66. The number of ether oxygens (including phenoxy) is 1. The second-order valence-electron chi connectivity index (χ2n) is 3.82. The number of thiophene rings is 1. The largest absolute Gasteiger partial charge is 0.377 e. The predicted molar refractivity (Wildman–Crippen MR) is 70.9 cm³/mol. The molecule has 1 rings (SSSR count). The minimum absolute atomic E-state index is 0.282. The Hall–Kier alpha value is -0.640. The molecular weight excluding hydrogens is 218 g/mol. The summed E-state index contributed by atoms with van der Waals surface area (Å²) in [5.74, 6) is 0. The van der Waals surface area contributed by atoms with Gasteiger partial charge in [0.15, 0.2) is 0 Å². The molecule has 0 aliphatic rings. The van der Waals surface area contributed by atoms with E-state index in [2.05, 4.69) is 36.3 Å². The third-order valence-electron chi connectivity index (χ3n) is 2.27. The highest BCUT2D eigenvalue weighted by Crippen LogP contribution is 2.07. The molecule has 0 bridgehead atoms. The van der Waals surface area contributed by atoms with Crippen LogP contribution in [0.2, 0.25) is 0 Å². The van der Waals surface area contributed by atoms with Gasteiger partial charge in [0.2, 0.25) is 0 Å². The van der Waals surface area contributed by atoms with Gasteiger partial charge in [-0.1, -0.05) is 12.1 Å². The first-order chi connectivity index (χ1) is 7.83. The summed E-state index contributed by atoms with van der Waals surface area (Å²) in [6, 6.07) is 4.23. The molecular formula is C13H21NOS. The molecule has 90 valence electrons. The van der Waals surface area contributed by atoms with E-state index in [4.69, 9.17) is 4.74 Å². The Bertz CT molecular complexity index is 271. The van der Waals surface area contributed by atoms with Gasteiger partial charge < -0.3 is 10.1 Å². The molecule has 0 spiro atoms. The highest BCUT2D eigenvalue weighted by atomic mass is 32.1. The van der Waals surface area contributed by atoms with E-state index in [-0.39, 0.29) is 6.10 Å². The Kier molecular flexibility index (Phi) is 7.14. The van der Waals surface area contributed by atoms with Crippen molar-refractivity contribution in [1.82, 2.24) is 5.32 Å². The number of rotatable bonds is 9. The van der Waals surface area contributed by atoms with Gasteiger partial charge in [0.25, 0.3) is 0 Å². The summed E-state index contributed by atoms with van der Waals surface area (Å²) in [4.78, 5) is 1.37. The minimum atomic E-state index is 0.282. The van der Waals surface area contributed by atoms with Crippen molar-refractivity contribution in [3.05, 3.63) is 35.0 Å². The third kappa shape index (κ3) is 6.05. The van der Waals surface area contributed by atoms with Crippen molar-refractivity contribution in [2.75, 3.05) is 13.2 Å². The maximum atomic E-state index is 5.66. The lowest BCUT2D eigenvalue weighted by molar-refractivity contribution is 0.0645. The Morgan fingerprint density at radius 2 is 2.50 bits per heavy atom. The summed E-state index contributed by atoms with van der Waals surface area (Å²) in [5, 5.41) is 5.50. The van der Waals surface area contributed by atoms with E-state index in [1.165, 1.54) is 4.88 Å². The van der Waals surface area contributed by atoms with Gasteiger partial charge in [0.1, 0.15) is 0 Å². The smallest absolute Gasteiger partial charge is 0.0671 e. The summed E-state index contributed by atoms with van der Waals surface area (Å²) in [7, 11) is 0. The number of hydrogen-bond donors (Lipinski definition) is 1. The van der Waals surface area contributed by atoms with Crippen LogP contribution in [0.25, 0.3) is 0 Å². The van der Waals surface area contributed by atoms with Crippen LogP contribution in [0.15, 0.2) is 30.2 Å². The average Bonchev–Trinajstić information content (AvgIpc) is 2.77. The van der Waals surface area contributed by atoms with Crippen LogP contribution in [0, 0.1) is 0 Å². The summed E-state index contributed by atoms with van der Waals surface area (Å²) in [6.45, 7) is 8.47. The fraction of sp³-hybridized carbons (Fsp3) is 0.538. The van der Waals surface area contributed by atoms with Gasteiger partial charge in [-0.25, -0.2) is 0 Å². The van der Waals surface area contributed by atoms with E-state index < -0.39 is 0 Å². The summed E-state index contributed by atoms with van der Waals surface area (Å²) >= 11 is 1.78. The van der Waals surface area contributed by atoms with Gasteiger partial charge >= 0.3 is 0 Å². The number of nitrogens with one attached hydrogen (secondary N) is 1. The van der Waals surface area contributed by atoms with E-state index in [9.17, 15) is 0 Å². The maximum Gasteiger partial charge on any atom is 0.0671 e. The van der Waals surface area contributed by atoms with E-state index in [1.54, 1.807) is 11.3 Å². The second kappa shape index (κ2) is 8.50. The number of unbranched alkanes of at least 4 members (excludes halogenated alkanes) is 1.